The molecule has 0 amide bonds. The fraction of sp³-hybridized carbons (Fsp3) is 0.636. The van der Waals surface area contributed by atoms with E-state index in [0.717, 1.165) is 0 Å². The van der Waals surface area contributed by atoms with Crippen LogP contribution < -0.4 is 10.5 Å². The molecule has 12 nitrogen and oxygen atoms in total. The molecule has 200 valence electrons. The predicted molar refractivity (Wildman–Crippen MR) is 130 cm³/mol. The summed E-state index contributed by atoms with van der Waals surface area (Å²) in [6.07, 6.45) is 0.614. The Kier molecular flexibility index (Phi) is 14.1. The summed E-state index contributed by atoms with van der Waals surface area (Å²) in [5.74, 6) is -0.172. The van der Waals surface area contributed by atoms with Crippen LogP contribution in [-0.2, 0) is 14.3 Å². The minimum absolute atomic E-state index is 0.00779. The van der Waals surface area contributed by atoms with Crippen LogP contribution in [0.3, 0.4) is 0 Å². The summed E-state index contributed by atoms with van der Waals surface area (Å²) in [6.45, 7) is 2.58. The zero-order valence-corrected chi connectivity index (χ0v) is 20.6. The number of aromatic hydroxyl groups is 1. The number of phenols is 1. The molecule has 0 saturated carbocycles. The first-order valence-corrected chi connectivity index (χ1v) is 11.9. The summed E-state index contributed by atoms with van der Waals surface area (Å²) >= 11 is 1.31. The molecule has 1 aliphatic rings. The van der Waals surface area contributed by atoms with E-state index in [1.165, 1.54) is 17.8 Å². The Balaban J connectivity index is 0.000000658. The van der Waals surface area contributed by atoms with E-state index in [4.69, 9.17) is 40.4 Å². The van der Waals surface area contributed by atoms with Crippen molar-refractivity contribution in [3.8, 4) is 11.5 Å². The molecule has 0 spiro atoms. The van der Waals surface area contributed by atoms with E-state index in [-0.39, 0.29) is 12.4 Å². The molecule has 13 heteroatoms. The van der Waals surface area contributed by atoms with E-state index in [1.54, 1.807) is 19.1 Å². The van der Waals surface area contributed by atoms with Crippen molar-refractivity contribution in [1.82, 2.24) is 0 Å². The minimum atomic E-state index is -1.21. The van der Waals surface area contributed by atoms with Gasteiger partial charge in [-0.1, -0.05) is 0 Å². The quantitative estimate of drug-likeness (QED) is 0.142. The number of rotatable bonds is 15. The van der Waals surface area contributed by atoms with Crippen molar-refractivity contribution in [3.05, 3.63) is 23.8 Å². The number of phenolic OH excluding ortho intramolecular Hbond substituents is 1. The number of aliphatic hydroxyl groups excluding tert-OH is 4. The first kappa shape index (κ1) is 31.1. The number of hydrogen-bond acceptors (Lipinski definition) is 12. The predicted octanol–water partition coefficient (Wildman–Crippen LogP) is -0.816. The number of aliphatic hydroxyl groups is 4. The number of hydrogen-bond donors (Lipinski definition) is 7. The van der Waals surface area contributed by atoms with Crippen LogP contribution >= 0.6 is 11.8 Å². The molecule has 1 atom stereocenters. The van der Waals surface area contributed by atoms with E-state index in [2.05, 4.69) is 4.99 Å². The number of aliphatic carboxylic acids is 1. The standard InChI is InChI=1S/C18H25NO7S.C4H11NO3/c1-18(17(22)23)12-27-16(19-18)14-4-3-13(11-15(14)21)26-10-9-25-8-7-24-6-2-5-20;5-4(1-6,2-7)3-8/h3-4,11,20-21H,2,5-10,12H2,1H3,(H,22,23);6-8H,1-3,5H2/t18-;/m1./s1. The monoisotopic (exact) mass is 520 g/mol. The van der Waals surface area contributed by atoms with Crippen LogP contribution in [0, 0.1) is 0 Å². The maximum absolute atomic E-state index is 11.3. The van der Waals surface area contributed by atoms with Gasteiger partial charge in [-0.25, -0.2) is 4.79 Å². The normalized spacial score (nSPS) is 17.5. The molecule has 0 unspecified atom stereocenters. The highest BCUT2D eigenvalue weighted by atomic mass is 32.2. The van der Waals surface area contributed by atoms with Gasteiger partial charge in [0, 0.05) is 30.6 Å². The molecule has 8 N–H and O–H groups in total. The second-order valence-corrected chi connectivity index (χ2v) is 8.91. The van der Waals surface area contributed by atoms with Gasteiger partial charge in [0.15, 0.2) is 5.54 Å². The number of ether oxygens (including phenoxy) is 3. The lowest BCUT2D eigenvalue weighted by molar-refractivity contribution is -0.141. The molecule has 0 saturated heterocycles. The third kappa shape index (κ3) is 10.7. The average molecular weight is 521 g/mol. The summed E-state index contributed by atoms with van der Waals surface area (Å²) in [7, 11) is 0. The third-order valence-electron chi connectivity index (χ3n) is 4.76. The van der Waals surface area contributed by atoms with Gasteiger partial charge in [0.2, 0.25) is 0 Å². The summed E-state index contributed by atoms with van der Waals surface area (Å²) in [6, 6.07) is 4.85. The number of aliphatic imine (C=N–C) groups is 1. The van der Waals surface area contributed by atoms with Gasteiger partial charge in [0.1, 0.15) is 23.1 Å². The molecule has 2 rings (SSSR count). The van der Waals surface area contributed by atoms with Gasteiger partial charge < -0.3 is 50.6 Å². The average Bonchev–Trinajstić information content (AvgIpc) is 3.26. The van der Waals surface area contributed by atoms with E-state index in [1.807, 2.05) is 0 Å². The zero-order chi connectivity index (χ0) is 26.3. The van der Waals surface area contributed by atoms with Crippen molar-refractivity contribution in [2.24, 2.45) is 10.7 Å². The molecular formula is C22H36N2O10S. The Morgan fingerprint density at radius 2 is 1.69 bits per heavy atom. The van der Waals surface area contributed by atoms with Crippen LogP contribution in [0.15, 0.2) is 23.2 Å². The largest absolute Gasteiger partial charge is 0.507 e. The van der Waals surface area contributed by atoms with Gasteiger partial charge in [0.25, 0.3) is 0 Å². The highest BCUT2D eigenvalue weighted by Gasteiger charge is 2.39. The van der Waals surface area contributed by atoms with Gasteiger partial charge in [-0.2, -0.15) is 0 Å². The molecule has 0 fully saturated rings. The fourth-order valence-electron chi connectivity index (χ4n) is 2.38. The lowest BCUT2D eigenvalue weighted by Gasteiger charge is -2.20. The van der Waals surface area contributed by atoms with Gasteiger partial charge in [-0.15, -0.1) is 11.8 Å². The third-order valence-corrected chi connectivity index (χ3v) is 6.05. The number of nitrogens with two attached hydrogens (primary N) is 1. The van der Waals surface area contributed by atoms with E-state index in [9.17, 15) is 15.0 Å². The van der Waals surface area contributed by atoms with Crippen molar-refractivity contribution in [3.63, 3.8) is 0 Å². The number of carboxylic acids is 1. The SMILES string of the molecule is C[C@]1(C(=O)O)CSC(c2ccc(OCCOCCOCCCO)cc2O)=N1.NC(CO)(CO)CO. The van der Waals surface area contributed by atoms with Gasteiger partial charge in [-0.05, 0) is 25.5 Å². The lowest BCUT2D eigenvalue weighted by Crippen LogP contribution is -2.50. The smallest absolute Gasteiger partial charge is 0.332 e. The lowest BCUT2D eigenvalue weighted by atomic mass is 10.1. The summed E-state index contributed by atoms with van der Waals surface area (Å²) < 4.78 is 16.1. The van der Waals surface area contributed by atoms with Crippen LogP contribution in [-0.4, -0.2) is 118 Å². The van der Waals surface area contributed by atoms with Crippen LogP contribution in [0.5, 0.6) is 11.5 Å². The van der Waals surface area contributed by atoms with Gasteiger partial charge >= 0.3 is 5.97 Å². The van der Waals surface area contributed by atoms with Crippen LogP contribution in [0.4, 0.5) is 0 Å². The van der Waals surface area contributed by atoms with Crippen molar-refractivity contribution in [1.29, 1.82) is 0 Å². The van der Waals surface area contributed by atoms with Crippen LogP contribution in [0.2, 0.25) is 0 Å². The van der Waals surface area contributed by atoms with E-state index >= 15 is 0 Å². The number of thioether (sulfide) groups is 1. The van der Waals surface area contributed by atoms with Crippen molar-refractivity contribution < 1.29 is 49.6 Å². The molecule has 35 heavy (non-hydrogen) atoms. The molecule has 1 heterocycles. The summed E-state index contributed by atoms with van der Waals surface area (Å²) in [4.78, 5) is 15.5. The Morgan fingerprint density at radius 1 is 1.09 bits per heavy atom. The number of nitrogens with zero attached hydrogens (tertiary/aromatic N) is 1. The minimum Gasteiger partial charge on any atom is -0.507 e. The van der Waals surface area contributed by atoms with Gasteiger partial charge in [0.05, 0.1) is 45.2 Å². The summed E-state index contributed by atoms with van der Waals surface area (Å²) in [5.41, 5.74) is 3.27. The van der Waals surface area contributed by atoms with Crippen LogP contribution in [0.1, 0.15) is 18.9 Å². The molecule has 1 aromatic rings. The second-order valence-electron chi connectivity index (χ2n) is 7.95. The zero-order valence-electron chi connectivity index (χ0n) is 19.8. The van der Waals surface area contributed by atoms with Crippen molar-refractivity contribution in [2.45, 2.75) is 24.4 Å². The first-order valence-electron chi connectivity index (χ1n) is 10.9. The maximum Gasteiger partial charge on any atom is 0.332 e. The van der Waals surface area contributed by atoms with Gasteiger partial charge in [-0.3, -0.25) is 4.99 Å². The molecule has 0 aliphatic carbocycles. The van der Waals surface area contributed by atoms with Crippen molar-refractivity contribution in [2.75, 3.05) is 65.2 Å². The topological polar surface area (TPSA) is 205 Å². The molecule has 1 aromatic carbocycles. The fourth-order valence-corrected chi connectivity index (χ4v) is 3.58. The van der Waals surface area contributed by atoms with Crippen LogP contribution in [0.25, 0.3) is 0 Å². The first-order chi connectivity index (χ1) is 16.6. The Labute approximate surface area is 208 Å². The molecule has 0 radical (unpaired) electrons. The van der Waals surface area contributed by atoms with E-state index in [0.29, 0.717) is 61.6 Å². The summed E-state index contributed by atoms with van der Waals surface area (Å²) in [5, 5.41) is 53.6. The molecular weight excluding hydrogens is 484 g/mol. The Bertz CT molecular complexity index is 798. The highest BCUT2D eigenvalue weighted by molar-refractivity contribution is 8.14. The highest BCUT2D eigenvalue weighted by Crippen LogP contribution is 2.35. The van der Waals surface area contributed by atoms with E-state index < -0.39 is 36.9 Å². The maximum atomic E-state index is 11.3. The molecule has 0 aromatic heterocycles. The number of benzene rings is 1. The Hall–Kier alpha value is -1.97. The molecule has 0 bridgehead atoms. The van der Waals surface area contributed by atoms with Crippen molar-refractivity contribution >= 4 is 22.8 Å². The number of carboxylic acid groups (broad SMARTS) is 1. The molecule has 1 aliphatic heterocycles. The number of carbonyl (C=O) groups is 1. The second kappa shape index (κ2) is 15.9. The Morgan fingerprint density at radius 3 is 2.17 bits per heavy atom.